The molecule has 0 radical (unpaired) electrons. The number of hydrogen-bond donors (Lipinski definition) is 2. The fraction of sp³-hybridized carbons (Fsp3) is 0.286. The molecule has 4 rings (SSSR count). The average Bonchev–Trinajstić information content (AvgIpc) is 3.35. The summed E-state index contributed by atoms with van der Waals surface area (Å²) in [6.07, 6.45) is -0.919. The molecule has 1 unspecified atom stereocenters. The normalized spacial score (nSPS) is 15.7. The highest BCUT2D eigenvalue weighted by Crippen LogP contribution is 2.40. The minimum Gasteiger partial charge on any atom is -0.361 e. The number of halogens is 3. The van der Waals surface area contributed by atoms with E-state index in [0.29, 0.717) is 5.56 Å². The molecule has 0 saturated heterocycles. The van der Waals surface area contributed by atoms with Crippen LogP contribution in [0, 0.1) is 0 Å². The van der Waals surface area contributed by atoms with E-state index in [1.165, 1.54) is 12.1 Å². The first-order chi connectivity index (χ1) is 12.9. The largest absolute Gasteiger partial charge is 0.416 e. The molecular formula is C21H19F3N2O. The Balaban J connectivity index is 1.80. The molecule has 3 nitrogen and oxygen atoms in total. The summed E-state index contributed by atoms with van der Waals surface area (Å²) in [5.74, 6) is -0.900. The van der Waals surface area contributed by atoms with E-state index in [9.17, 15) is 18.0 Å². The lowest BCUT2D eigenvalue weighted by Gasteiger charge is -2.21. The summed E-state index contributed by atoms with van der Waals surface area (Å²) in [5, 5.41) is 3.72. The maximum Gasteiger partial charge on any atom is 0.416 e. The molecule has 3 aromatic rings. The van der Waals surface area contributed by atoms with Gasteiger partial charge in [0.25, 0.3) is 0 Å². The van der Waals surface area contributed by atoms with E-state index in [4.69, 9.17) is 0 Å². The average molecular weight is 372 g/mol. The van der Waals surface area contributed by atoms with E-state index in [-0.39, 0.29) is 23.9 Å². The van der Waals surface area contributed by atoms with Gasteiger partial charge in [-0.05, 0) is 36.1 Å². The smallest absolute Gasteiger partial charge is 0.361 e. The number of carbonyl (C=O) groups is 1. The predicted octanol–water partition coefficient (Wildman–Crippen LogP) is 4.99. The molecule has 1 heterocycles. The zero-order valence-corrected chi connectivity index (χ0v) is 14.5. The maximum atomic E-state index is 13.6. The number of benzene rings is 2. The van der Waals surface area contributed by atoms with Crippen LogP contribution in [0.4, 0.5) is 13.2 Å². The Morgan fingerprint density at radius 3 is 2.52 bits per heavy atom. The van der Waals surface area contributed by atoms with Gasteiger partial charge in [0, 0.05) is 35.5 Å². The number of para-hydroxylation sites is 1. The van der Waals surface area contributed by atoms with E-state index in [2.05, 4.69) is 10.3 Å². The molecule has 0 spiro atoms. The Kier molecular flexibility index (Phi) is 4.42. The number of nitrogens with one attached hydrogen (secondary N) is 2. The molecule has 0 aliphatic heterocycles. The molecule has 1 amide bonds. The van der Waals surface area contributed by atoms with E-state index < -0.39 is 17.7 Å². The minimum absolute atomic E-state index is 0.0224. The second-order valence-electron chi connectivity index (χ2n) is 6.97. The Morgan fingerprint density at radius 1 is 1.07 bits per heavy atom. The number of carbonyl (C=O) groups excluding carboxylic acids is 1. The van der Waals surface area contributed by atoms with Gasteiger partial charge in [0.1, 0.15) is 0 Å². The van der Waals surface area contributed by atoms with Gasteiger partial charge < -0.3 is 10.3 Å². The van der Waals surface area contributed by atoms with Crippen LogP contribution in [-0.4, -0.2) is 16.9 Å². The first-order valence-corrected chi connectivity index (χ1v) is 8.95. The van der Waals surface area contributed by atoms with Crippen molar-refractivity contribution in [3.8, 4) is 0 Å². The fourth-order valence-corrected chi connectivity index (χ4v) is 3.53. The number of amides is 1. The van der Waals surface area contributed by atoms with Gasteiger partial charge in [-0.2, -0.15) is 13.2 Å². The summed E-state index contributed by atoms with van der Waals surface area (Å²) in [6.45, 7) is 0. The number of fused-ring (bicyclic) bond motifs is 1. The van der Waals surface area contributed by atoms with Crippen molar-refractivity contribution in [2.75, 3.05) is 0 Å². The van der Waals surface area contributed by atoms with Crippen molar-refractivity contribution in [2.24, 2.45) is 0 Å². The lowest BCUT2D eigenvalue weighted by molar-refractivity contribution is -0.138. The third kappa shape index (κ3) is 3.70. The third-order valence-electron chi connectivity index (χ3n) is 4.97. The number of alkyl halides is 3. The van der Waals surface area contributed by atoms with Crippen LogP contribution in [-0.2, 0) is 11.0 Å². The molecule has 1 aliphatic carbocycles. The second kappa shape index (κ2) is 6.76. The van der Waals surface area contributed by atoms with Crippen molar-refractivity contribution in [2.45, 2.75) is 37.4 Å². The molecule has 27 heavy (non-hydrogen) atoms. The zero-order chi connectivity index (χ0) is 19.0. The van der Waals surface area contributed by atoms with Crippen molar-refractivity contribution in [1.29, 1.82) is 0 Å². The van der Waals surface area contributed by atoms with Gasteiger partial charge in [-0.25, -0.2) is 0 Å². The molecule has 0 bridgehead atoms. The highest BCUT2D eigenvalue weighted by atomic mass is 19.4. The van der Waals surface area contributed by atoms with Crippen molar-refractivity contribution in [1.82, 2.24) is 10.3 Å². The number of aromatic amines is 1. The van der Waals surface area contributed by atoms with Gasteiger partial charge in [0.05, 0.1) is 5.56 Å². The summed E-state index contributed by atoms with van der Waals surface area (Å²) in [4.78, 5) is 15.6. The highest BCUT2D eigenvalue weighted by molar-refractivity contribution is 5.86. The standard InChI is InChI=1S/C21H19F3N2O/c22-21(23,24)18-7-3-1-5-14(18)16(11-20(27)26-13-9-10-13)17-12-25-19-8-4-2-6-15(17)19/h1-8,12-13,16,25H,9-11H2,(H,26,27). The van der Waals surface area contributed by atoms with Gasteiger partial charge in [-0.3, -0.25) is 4.79 Å². The molecular weight excluding hydrogens is 353 g/mol. The van der Waals surface area contributed by atoms with Crippen LogP contribution in [0.1, 0.15) is 41.9 Å². The van der Waals surface area contributed by atoms with E-state index in [1.54, 1.807) is 12.3 Å². The Morgan fingerprint density at radius 2 is 1.78 bits per heavy atom. The predicted molar refractivity (Wildman–Crippen MR) is 97.4 cm³/mol. The molecule has 2 aromatic carbocycles. The lowest BCUT2D eigenvalue weighted by atomic mass is 9.85. The monoisotopic (exact) mass is 372 g/mol. The molecule has 1 saturated carbocycles. The van der Waals surface area contributed by atoms with Gasteiger partial charge in [0.2, 0.25) is 5.91 Å². The number of H-pyrrole nitrogens is 1. The maximum absolute atomic E-state index is 13.6. The molecule has 1 aromatic heterocycles. The van der Waals surface area contributed by atoms with Gasteiger partial charge in [-0.1, -0.05) is 36.4 Å². The number of hydrogen-bond acceptors (Lipinski definition) is 1. The molecule has 140 valence electrons. The molecule has 6 heteroatoms. The van der Waals surface area contributed by atoms with Crippen LogP contribution >= 0.6 is 0 Å². The zero-order valence-electron chi connectivity index (χ0n) is 14.5. The first kappa shape index (κ1) is 17.6. The lowest BCUT2D eigenvalue weighted by Crippen LogP contribution is -2.27. The Bertz CT molecular complexity index is 973. The van der Waals surface area contributed by atoms with E-state index in [1.807, 2.05) is 24.3 Å². The van der Waals surface area contributed by atoms with Gasteiger partial charge >= 0.3 is 6.18 Å². The van der Waals surface area contributed by atoms with Crippen molar-refractivity contribution < 1.29 is 18.0 Å². The van der Waals surface area contributed by atoms with Crippen LogP contribution in [0.2, 0.25) is 0 Å². The molecule has 2 N–H and O–H groups in total. The van der Waals surface area contributed by atoms with Gasteiger partial charge in [-0.15, -0.1) is 0 Å². The summed E-state index contributed by atoms with van der Waals surface area (Å²) in [5.41, 5.74) is 0.970. The number of aromatic nitrogens is 1. The molecule has 1 atom stereocenters. The SMILES string of the molecule is O=C(CC(c1ccccc1C(F)(F)F)c1c[nH]c2ccccc12)NC1CC1. The minimum atomic E-state index is -4.48. The summed E-state index contributed by atoms with van der Waals surface area (Å²) in [7, 11) is 0. The van der Waals surface area contributed by atoms with Crippen LogP contribution in [0.25, 0.3) is 10.9 Å². The molecule has 1 aliphatic rings. The van der Waals surface area contributed by atoms with E-state index in [0.717, 1.165) is 29.8 Å². The summed E-state index contributed by atoms with van der Waals surface area (Å²) >= 11 is 0. The Labute approximate surface area is 154 Å². The summed E-state index contributed by atoms with van der Waals surface area (Å²) in [6, 6.07) is 13.1. The van der Waals surface area contributed by atoms with Crippen molar-refractivity contribution in [3.63, 3.8) is 0 Å². The van der Waals surface area contributed by atoms with Crippen molar-refractivity contribution >= 4 is 16.8 Å². The third-order valence-corrected chi connectivity index (χ3v) is 4.97. The van der Waals surface area contributed by atoms with Crippen LogP contribution in [0.15, 0.2) is 54.7 Å². The van der Waals surface area contributed by atoms with Crippen LogP contribution < -0.4 is 5.32 Å². The number of rotatable bonds is 5. The summed E-state index contributed by atoms with van der Waals surface area (Å²) < 4.78 is 40.8. The van der Waals surface area contributed by atoms with Crippen molar-refractivity contribution in [3.05, 3.63) is 71.4 Å². The quantitative estimate of drug-likeness (QED) is 0.651. The van der Waals surface area contributed by atoms with Crippen LogP contribution in [0.5, 0.6) is 0 Å². The second-order valence-corrected chi connectivity index (χ2v) is 6.97. The topological polar surface area (TPSA) is 44.9 Å². The fourth-order valence-electron chi connectivity index (χ4n) is 3.53. The Hall–Kier alpha value is -2.76. The first-order valence-electron chi connectivity index (χ1n) is 8.95. The van der Waals surface area contributed by atoms with Crippen LogP contribution in [0.3, 0.4) is 0 Å². The van der Waals surface area contributed by atoms with E-state index >= 15 is 0 Å². The van der Waals surface area contributed by atoms with Gasteiger partial charge in [0.15, 0.2) is 0 Å². The highest BCUT2D eigenvalue weighted by Gasteiger charge is 2.36. The molecule has 1 fully saturated rings.